The Bertz CT molecular complexity index is 353. The molecule has 2 rings (SSSR count). The molecule has 1 aliphatic heterocycles. The van der Waals surface area contributed by atoms with Crippen LogP contribution in [-0.4, -0.2) is 29.5 Å². The van der Waals surface area contributed by atoms with Crippen molar-refractivity contribution >= 4 is 5.91 Å². The number of piperidine rings is 1. The summed E-state index contributed by atoms with van der Waals surface area (Å²) in [6, 6.07) is 4.24. The molecule has 1 aromatic rings. The van der Waals surface area contributed by atoms with Crippen LogP contribution >= 0.6 is 0 Å². The number of aromatic nitrogens is 1. The van der Waals surface area contributed by atoms with Crippen LogP contribution in [0.15, 0.2) is 24.5 Å². The molecule has 1 aliphatic rings. The van der Waals surface area contributed by atoms with Gasteiger partial charge in [0, 0.05) is 30.0 Å². The topological polar surface area (TPSA) is 54.0 Å². The van der Waals surface area contributed by atoms with Gasteiger partial charge in [-0.3, -0.25) is 9.78 Å². The smallest absolute Gasteiger partial charge is 0.251 e. The predicted molar refractivity (Wildman–Crippen MR) is 62.2 cm³/mol. The van der Waals surface area contributed by atoms with E-state index in [1.807, 2.05) is 0 Å². The van der Waals surface area contributed by atoms with Gasteiger partial charge >= 0.3 is 0 Å². The lowest BCUT2D eigenvalue weighted by Crippen LogP contribution is -2.46. The van der Waals surface area contributed by atoms with Gasteiger partial charge in [0.2, 0.25) is 0 Å². The number of pyridine rings is 1. The minimum atomic E-state index is 0.00139. The van der Waals surface area contributed by atoms with Crippen LogP contribution in [0.3, 0.4) is 0 Å². The van der Waals surface area contributed by atoms with Gasteiger partial charge in [0.25, 0.3) is 5.91 Å². The molecule has 86 valence electrons. The molecule has 0 radical (unpaired) electrons. The Hall–Kier alpha value is -1.42. The molecule has 1 saturated heterocycles. The van der Waals surface area contributed by atoms with Gasteiger partial charge in [-0.25, -0.2) is 0 Å². The van der Waals surface area contributed by atoms with E-state index in [0.29, 0.717) is 11.6 Å². The van der Waals surface area contributed by atoms with Gasteiger partial charge < -0.3 is 10.6 Å². The van der Waals surface area contributed by atoms with E-state index in [1.54, 1.807) is 24.5 Å². The number of amides is 1. The van der Waals surface area contributed by atoms with Crippen LogP contribution in [0.2, 0.25) is 0 Å². The number of carbonyl (C=O) groups excluding carboxylic acids is 1. The molecule has 2 N–H and O–H groups in total. The van der Waals surface area contributed by atoms with Crippen molar-refractivity contribution in [2.45, 2.75) is 31.8 Å². The Morgan fingerprint density at radius 2 is 2.25 bits per heavy atom. The van der Waals surface area contributed by atoms with E-state index in [2.05, 4.69) is 22.5 Å². The number of hydrogen-bond donors (Lipinski definition) is 2. The first kappa shape index (κ1) is 11.1. The van der Waals surface area contributed by atoms with Gasteiger partial charge in [-0.05, 0) is 38.4 Å². The largest absolute Gasteiger partial charge is 0.349 e. The zero-order valence-corrected chi connectivity index (χ0v) is 9.44. The fraction of sp³-hybridized carbons (Fsp3) is 0.500. The summed E-state index contributed by atoms with van der Waals surface area (Å²) in [5.74, 6) is 0.00139. The van der Waals surface area contributed by atoms with Crippen molar-refractivity contribution < 1.29 is 4.79 Å². The second-order valence-electron chi connectivity index (χ2n) is 4.29. The van der Waals surface area contributed by atoms with E-state index in [-0.39, 0.29) is 11.9 Å². The van der Waals surface area contributed by atoms with E-state index in [9.17, 15) is 4.79 Å². The maximum atomic E-state index is 11.9. The van der Waals surface area contributed by atoms with Crippen molar-refractivity contribution in [1.82, 2.24) is 15.6 Å². The molecule has 2 unspecified atom stereocenters. The second kappa shape index (κ2) is 5.07. The molecule has 0 saturated carbocycles. The normalized spacial score (nSPS) is 25.1. The number of hydrogen-bond acceptors (Lipinski definition) is 3. The molecule has 4 nitrogen and oxygen atoms in total. The van der Waals surface area contributed by atoms with Crippen LogP contribution in [-0.2, 0) is 0 Å². The summed E-state index contributed by atoms with van der Waals surface area (Å²) < 4.78 is 0. The maximum absolute atomic E-state index is 11.9. The summed E-state index contributed by atoms with van der Waals surface area (Å²) in [4.78, 5) is 15.8. The zero-order chi connectivity index (χ0) is 11.4. The highest BCUT2D eigenvalue weighted by Crippen LogP contribution is 2.09. The summed E-state index contributed by atoms with van der Waals surface area (Å²) in [5, 5.41) is 6.42. The fourth-order valence-electron chi connectivity index (χ4n) is 2.04. The van der Waals surface area contributed by atoms with Crippen molar-refractivity contribution in [2.24, 2.45) is 0 Å². The average Bonchev–Trinajstić information content (AvgIpc) is 2.30. The summed E-state index contributed by atoms with van der Waals surface area (Å²) in [6.45, 7) is 3.12. The summed E-state index contributed by atoms with van der Waals surface area (Å²) in [7, 11) is 0. The van der Waals surface area contributed by atoms with Gasteiger partial charge in [-0.15, -0.1) is 0 Å². The van der Waals surface area contributed by atoms with Crippen LogP contribution in [0, 0.1) is 0 Å². The lowest BCUT2D eigenvalue weighted by atomic mass is 10.0. The van der Waals surface area contributed by atoms with E-state index < -0.39 is 0 Å². The molecule has 1 aromatic heterocycles. The van der Waals surface area contributed by atoms with E-state index >= 15 is 0 Å². The summed E-state index contributed by atoms with van der Waals surface area (Å²) >= 11 is 0. The quantitative estimate of drug-likeness (QED) is 0.778. The highest BCUT2D eigenvalue weighted by molar-refractivity contribution is 5.94. The molecule has 0 aliphatic carbocycles. The molecule has 1 amide bonds. The number of rotatable bonds is 2. The SMILES string of the molecule is CC1CC(NC(=O)c2ccncc2)CCN1. The zero-order valence-electron chi connectivity index (χ0n) is 9.44. The Morgan fingerprint density at radius 3 is 2.94 bits per heavy atom. The van der Waals surface area contributed by atoms with Crippen molar-refractivity contribution in [1.29, 1.82) is 0 Å². The second-order valence-corrected chi connectivity index (χ2v) is 4.29. The van der Waals surface area contributed by atoms with Gasteiger partial charge in [0.1, 0.15) is 0 Å². The minimum absolute atomic E-state index is 0.00139. The predicted octanol–water partition coefficient (Wildman–Crippen LogP) is 0.952. The first-order valence-corrected chi connectivity index (χ1v) is 5.70. The Balaban J connectivity index is 1.92. The van der Waals surface area contributed by atoms with E-state index in [4.69, 9.17) is 0 Å². The molecule has 2 atom stereocenters. The Morgan fingerprint density at radius 1 is 1.50 bits per heavy atom. The number of carbonyl (C=O) groups is 1. The van der Waals surface area contributed by atoms with Gasteiger partial charge in [0.15, 0.2) is 0 Å². The van der Waals surface area contributed by atoms with Crippen molar-refractivity contribution in [2.75, 3.05) is 6.54 Å². The molecule has 4 heteroatoms. The highest BCUT2D eigenvalue weighted by atomic mass is 16.1. The highest BCUT2D eigenvalue weighted by Gasteiger charge is 2.20. The van der Waals surface area contributed by atoms with Crippen molar-refractivity contribution in [3.05, 3.63) is 30.1 Å². The minimum Gasteiger partial charge on any atom is -0.349 e. The number of nitrogens with zero attached hydrogens (tertiary/aromatic N) is 1. The standard InChI is InChI=1S/C12H17N3O/c1-9-8-11(4-7-14-9)15-12(16)10-2-5-13-6-3-10/h2-3,5-6,9,11,14H,4,7-8H2,1H3,(H,15,16). The van der Waals surface area contributed by atoms with Crippen molar-refractivity contribution in [3.8, 4) is 0 Å². The monoisotopic (exact) mass is 219 g/mol. The summed E-state index contributed by atoms with van der Waals surface area (Å²) in [6.07, 6.45) is 5.28. The average molecular weight is 219 g/mol. The molecule has 1 fully saturated rings. The van der Waals surface area contributed by atoms with Crippen LogP contribution in [0.4, 0.5) is 0 Å². The number of nitrogens with one attached hydrogen (secondary N) is 2. The van der Waals surface area contributed by atoms with Crippen LogP contribution in [0.5, 0.6) is 0 Å². The third-order valence-corrected chi connectivity index (χ3v) is 2.90. The maximum Gasteiger partial charge on any atom is 0.251 e. The van der Waals surface area contributed by atoms with Crippen LogP contribution < -0.4 is 10.6 Å². The molecule has 2 heterocycles. The van der Waals surface area contributed by atoms with E-state index in [1.165, 1.54) is 0 Å². The lowest BCUT2D eigenvalue weighted by molar-refractivity contribution is 0.0925. The van der Waals surface area contributed by atoms with Gasteiger partial charge in [0.05, 0.1) is 0 Å². The third-order valence-electron chi connectivity index (χ3n) is 2.90. The van der Waals surface area contributed by atoms with Crippen molar-refractivity contribution in [3.63, 3.8) is 0 Å². The molecular formula is C12H17N3O. The van der Waals surface area contributed by atoms with Gasteiger partial charge in [-0.2, -0.15) is 0 Å². The molecule has 0 bridgehead atoms. The van der Waals surface area contributed by atoms with Gasteiger partial charge in [-0.1, -0.05) is 0 Å². The first-order chi connectivity index (χ1) is 7.75. The Kier molecular flexibility index (Phi) is 3.51. The van der Waals surface area contributed by atoms with Crippen LogP contribution in [0.1, 0.15) is 30.1 Å². The first-order valence-electron chi connectivity index (χ1n) is 5.70. The Labute approximate surface area is 95.5 Å². The summed E-state index contributed by atoms with van der Waals surface area (Å²) in [5.41, 5.74) is 0.682. The third kappa shape index (κ3) is 2.79. The van der Waals surface area contributed by atoms with Crippen LogP contribution in [0.25, 0.3) is 0 Å². The molecule has 0 spiro atoms. The molecular weight excluding hydrogens is 202 g/mol. The fourth-order valence-corrected chi connectivity index (χ4v) is 2.04. The molecule has 0 aromatic carbocycles. The lowest BCUT2D eigenvalue weighted by Gasteiger charge is -2.28. The van der Waals surface area contributed by atoms with E-state index in [0.717, 1.165) is 19.4 Å². The molecule has 16 heavy (non-hydrogen) atoms.